The highest BCUT2D eigenvalue weighted by Crippen LogP contribution is 2.34. The molecule has 8 heteroatoms. The van der Waals surface area contributed by atoms with Crippen molar-refractivity contribution in [2.45, 2.75) is 39.4 Å². The van der Waals surface area contributed by atoms with E-state index >= 15 is 0 Å². The van der Waals surface area contributed by atoms with Crippen LogP contribution < -0.4 is 9.64 Å². The van der Waals surface area contributed by atoms with Gasteiger partial charge in [0.2, 0.25) is 0 Å². The van der Waals surface area contributed by atoms with Gasteiger partial charge in [-0.15, -0.1) is 0 Å². The lowest BCUT2D eigenvalue weighted by molar-refractivity contribution is -0.138. The van der Waals surface area contributed by atoms with Gasteiger partial charge in [0.1, 0.15) is 5.75 Å². The molecule has 0 aliphatic carbocycles. The summed E-state index contributed by atoms with van der Waals surface area (Å²) in [6, 6.07) is 10.1. The molecule has 2 saturated heterocycles. The third-order valence-electron chi connectivity index (χ3n) is 7.01. The molecule has 2 aliphatic heterocycles. The molecule has 5 nitrogen and oxygen atoms in total. The quantitative estimate of drug-likeness (QED) is 0.577. The number of methoxy groups -OCH3 is 1. The second-order valence-corrected chi connectivity index (χ2v) is 9.81. The van der Waals surface area contributed by atoms with Crippen molar-refractivity contribution in [3.63, 3.8) is 0 Å². The standard InChI is InChI=1S/C27H34F3N3O2/c1-19-6-8-22(23(15-19)27(28,29)30)26(34)33-13-11-32(12-14-33)24-16-21(7-9-25(24)35-3)18-31-10-4-5-20(2)17-31/h6-9,15-16,20H,4-5,10-14,17-18H2,1-3H3. The Kier molecular flexibility index (Phi) is 7.59. The Balaban J connectivity index is 1.46. The summed E-state index contributed by atoms with van der Waals surface area (Å²) < 4.78 is 46.3. The van der Waals surface area contributed by atoms with E-state index in [1.807, 2.05) is 6.07 Å². The molecule has 0 saturated carbocycles. The van der Waals surface area contributed by atoms with Crippen molar-refractivity contribution < 1.29 is 22.7 Å². The number of amides is 1. The summed E-state index contributed by atoms with van der Waals surface area (Å²) in [6.45, 7) is 8.72. The molecule has 2 heterocycles. The predicted octanol–water partition coefficient (Wildman–Crippen LogP) is 5.22. The number of likely N-dealkylation sites (tertiary alicyclic amines) is 1. The van der Waals surface area contributed by atoms with Crippen molar-refractivity contribution in [2.24, 2.45) is 5.92 Å². The zero-order valence-electron chi connectivity index (χ0n) is 20.7. The van der Waals surface area contributed by atoms with E-state index in [2.05, 4.69) is 28.9 Å². The third kappa shape index (κ3) is 5.92. The van der Waals surface area contributed by atoms with Crippen molar-refractivity contribution in [3.05, 3.63) is 58.7 Å². The summed E-state index contributed by atoms with van der Waals surface area (Å²) in [6.07, 6.45) is -2.07. The molecule has 35 heavy (non-hydrogen) atoms. The second-order valence-electron chi connectivity index (χ2n) is 9.81. The van der Waals surface area contributed by atoms with E-state index in [1.165, 1.54) is 29.4 Å². The molecule has 2 aliphatic rings. The molecule has 2 aromatic rings. The normalized spacial score (nSPS) is 19.7. The summed E-state index contributed by atoms with van der Waals surface area (Å²) >= 11 is 0. The smallest absolute Gasteiger partial charge is 0.417 e. The fraction of sp³-hybridized carbons (Fsp3) is 0.519. The minimum atomic E-state index is -4.57. The monoisotopic (exact) mass is 489 g/mol. The van der Waals surface area contributed by atoms with E-state index in [0.717, 1.165) is 37.1 Å². The van der Waals surface area contributed by atoms with E-state index in [4.69, 9.17) is 4.74 Å². The number of rotatable bonds is 5. The number of anilines is 1. The lowest BCUT2D eigenvalue weighted by Gasteiger charge is -2.37. The van der Waals surface area contributed by atoms with Gasteiger partial charge < -0.3 is 14.5 Å². The van der Waals surface area contributed by atoms with E-state index in [0.29, 0.717) is 37.7 Å². The molecule has 0 aromatic heterocycles. The average molecular weight is 490 g/mol. The zero-order chi connectivity index (χ0) is 25.2. The first-order valence-corrected chi connectivity index (χ1v) is 12.3. The van der Waals surface area contributed by atoms with E-state index in [1.54, 1.807) is 20.1 Å². The van der Waals surface area contributed by atoms with Crippen LogP contribution in [0.15, 0.2) is 36.4 Å². The van der Waals surface area contributed by atoms with Gasteiger partial charge in [-0.3, -0.25) is 9.69 Å². The lowest BCUT2D eigenvalue weighted by atomic mass is 9.99. The number of ether oxygens (including phenoxy) is 1. The van der Waals surface area contributed by atoms with Crippen LogP contribution in [0.2, 0.25) is 0 Å². The molecule has 0 radical (unpaired) electrons. The average Bonchev–Trinajstić information content (AvgIpc) is 2.83. The third-order valence-corrected chi connectivity index (χ3v) is 7.01. The van der Waals surface area contributed by atoms with Crippen LogP contribution >= 0.6 is 0 Å². The number of nitrogens with zero attached hydrogens (tertiary/aromatic N) is 3. The van der Waals surface area contributed by atoms with Crippen molar-refractivity contribution >= 4 is 11.6 Å². The maximum atomic E-state index is 13.6. The molecule has 0 N–H and O–H groups in total. The van der Waals surface area contributed by atoms with Gasteiger partial charge in [0, 0.05) is 39.3 Å². The van der Waals surface area contributed by atoms with Crippen LogP contribution in [0.1, 0.15) is 46.8 Å². The molecule has 0 spiro atoms. The van der Waals surface area contributed by atoms with Crippen LogP contribution in [0.4, 0.5) is 18.9 Å². The largest absolute Gasteiger partial charge is 0.495 e. The van der Waals surface area contributed by atoms with Gasteiger partial charge in [-0.1, -0.05) is 24.6 Å². The Morgan fingerprint density at radius 2 is 1.80 bits per heavy atom. The molecule has 1 unspecified atom stereocenters. The maximum absolute atomic E-state index is 13.6. The van der Waals surface area contributed by atoms with Gasteiger partial charge in [0.15, 0.2) is 0 Å². The highest BCUT2D eigenvalue weighted by atomic mass is 19.4. The number of carbonyl (C=O) groups is 1. The number of carbonyl (C=O) groups excluding carboxylic acids is 1. The van der Waals surface area contributed by atoms with Gasteiger partial charge in [0.25, 0.3) is 5.91 Å². The number of halogens is 3. The second kappa shape index (κ2) is 10.5. The topological polar surface area (TPSA) is 36.0 Å². The van der Waals surface area contributed by atoms with Crippen molar-refractivity contribution in [2.75, 3.05) is 51.3 Å². The predicted molar refractivity (Wildman–Crippen MR) is 131 cm³/mol. The minimum absolute atomic E-state index is 0.285. The number of piperidine rings is 1. The molecule has 4 rings (SSSR count). The number of aryl methyl sites for hydroxylation is 1. The first kappa shape index (κ1) is 25.4. The van der Waals surface area contributed by atoms with Crippen LogP contribution in [0, 0.1) is 12.8 Å². The first-order valence-electron chi connectivity index (χ1n) is 12.3. The molecular formula is C27H34F3N3O2. The number of benzene rings is 2. The van der Waals surface area contributed by atoms with Crippen LogP contribution in [-0.4, -0.2) is 62.1 Å². The molecule has 190 valence electrons. The highest BCUT2D eigenvalue weighted by molar-refractivity contribution is 5.96. The Morgan fingerprint density at radius 1 is 1.06 bits per heavy atom. The van der Waals surface area contributed by atoms with Crippen LogP contribution in [0.25, 0.3) is 0 Å². The van der Waals surface area contributed by atoms with Crippen molar-refractivity contribution in [1.82, 2.24) is 9.80 Å². The van der Waals surface area contributed by atoms with Gasteiger partial charge in [-0.2, -0.15) is 13.2 Å². The fourth-order valence-corrected chi connectivity index (χ4v) is 5.17. The maximum Gasteiger partial charge on any atom is 0.417 e. The van der Waals surface area contributed by atoms with E-state index in [-0.39, 0.29) is 5.56 Å². The van der Waals surface area contributed by atoms with E-state index in [9.17, 15) is 18.0 Å². The summed E-state index contributed by atoms with van der Waals surface area (Å²) in [4.78, 5) is 19.2. The molecule has 1 amide bonds. The summed E-state index contributed by atoms with van der Waals surface area (Å²) in [5, 5.41) is 0. The number of hydrogen-bond donors (Lipinski definition) is 0. The van der Waals surface area contributed by atoms with Crippen molar-refractivity contribution in [3.8, 4) is 5.75 Å². The Bertz CT molecular complexity index is 1050. The Labute approximate surface area is 205 Å². The molecule has 0 bridgehead atoms. The Morgan fingerprint density at radius 3 is 2.46 bits per heavy atom. The minimum Gasteiger partial charge on any atom is -0.495 e. The summed E-state index contributed by atoms with van der Waals surface area (Å²) in [7, 11) is 1.64. The first-order chi connectivity index (χ1) is 16.7. The van der Waals surface area contributed by atoms with Crippen LogP contribution in [-0.2, 0) is 12.7 Å². The zero-order valence-corrected chi connectivity index (χ0v) is 20.7. The van der Waals surface area contributed by atoms with Gasteiger partial charge in [-0.05, 0) is 62.1 Å². The highest BCUT2D eigenvalue weighted by Gasteiger charge is 2.37. The summed E-state index contributed by atoms with van der Waals surface area (Å²) in [5.41, 5.74) is 1.50. The van der Waals surface area contributed by atoms with Crippen molar-refractivity contribution in [1.29, 1.82) is 0 Å². The van der Waals surface area contributed by atoms with Gasteiger partial charge >= 0.3 is 6.18 Å². The van der Waals surface area contributed by atoms with Crippen LogP contribution in [0.5, 0.6) is 5.75 Å². The summed E-state index contributed by atoms with van der Waals surface area (Å²) in [5.74, 6) is 0.897. The Hall–Kier alpha value is -2.74. The molecule has 2 fully saturated rings. The van der Waals surface area contributed by atoms with Crippen LogP contribution in [0.3, 0.4) is 0 Å². The number of hydrogen-bond acceptors (Lipinski definition) is 4. The SMILES string of the molecule is COc1ccc(CN2CCCC(C)C2)cc1N1CCN(C(=O)c2ccc(C)cc2C(F)(F)F)CC1. The van der Waals surface area contributed by atoms with Gasteiger partial charge in [0.05, 0.1) is 23.9 Å². The van der Waals surface area contributed by atoms with Gasteiger partial charge in [-0.25, -0.2) is 0 Å². The molecule has 1 atom stereocenters. The fourth-order valence-electron chi connectivity index (χ4n) is 5.17. The molecule has 2 aromatic carbocycles. The number of piperazine rings is 1. The number of alkyl halides is 3. The van der Waals surface area contributed by atoms with E-state index < -0.39 is 17.6 Å². The lowest BCUT2D eigenvalue weighted by Crippen LogP contribution is -2.49. The molecular weight excluding hydrogens is 455 g/mol.